The van der Waals surface area contributed by atoms with E-state index in [2.05, 4.69) is 24.9 Å². The molecule has 1 amide bonds. The van der Waals surface area contributed by atoms with E-state index in [0.29, 0.717) is 13.0 Å². The van der Waals surface area contributed by atoms with Gasteiger partial charge in [-0.3, -0.25) is 4.79 Å². The Morgan fingerprint density at radius 2 is 1.96 bits per heavy atom. The number of nitrogens with zero attached hydrogens (tertiary/aromatic N) is 6. The molecule has 9 heteroatoms. The number of fused-ring (bicyclic) bond motifs is 1. The van der Waals surface area contributed by atoms with Gasteiger partial charge in [0.1, 0.15) is 24.2 Å². The van der Waals surface area contributed by atoms with Crippen molar-refractivity contribution in [2.45, 2.75) is 37.9 Å². The molecule has 3 aliphatic heterocycles. The summed E-state index contributed by atoms with van der Waals surface area (Å²) in [6.07, 6.45) is 5.73. The maximum Gasteiger partial charge on any atom is 0.223 e. The van der Waals surface area contributed by atoms with Crippen molar-refractivity contribution in [2.75, 3.05) is 36.0 Å². The Labute approximate surface area is 157 Å². The van der Waals surface area contributed by atoms with Crippen molar-refractivity contribution in [2.24, 2.45) is 5.73 Å². The molecule has 5 heterocycles. The van der Waals surface area contributed by atoms with Gasteiger partial charge in [0.15, 0.2) is 0 Å². The van der Waals surface area contributed by atoms with E-state index in [9.17, 15) is 4.79 Å². The number of nitrogens with two attached hydrogens (primary N) is 1. The van der Waals surface area contributed by atoms with Crippen molar-refractivity contribution in [3.05, 3.63) is 29.9 Å². The summed E-state index contributed by atoms with van der Waals surface area (Å²) in [7, 11) is 0. The molecule has 0 bridgehead atoms. The lowest BCUT2D eigenvalue weighted by molar-refractivity contribution is -0.129. The van der Waals surface area contributed by atoms with E-state index in [1.165, 1.54) is 0 Å². The number of amides is 1. The van der Waals surface area contributed by atoms with Crippen molar-refractivity contribution < 1.29 is 9.32 Å². The van der Waals surface area contributed by atoms with Gasteiger partial charge in [0.2, 0.25) is 5.91 Å². The molecule has 9 nitrogen and oxygen atoms in total. The lowest BCUT2D eigenvalue weighted by Gasteiger charge is -2.28. The van der Waals surface area contributed by atoms with Gasteiger partial charge in [0.05, 0.1) is 11.7 Å². The van der Waals surface area contributed by atoms with Crippen molar-refractivity contribution in [1.82, 2.24) is 20.0 Å². The molecule has 2 aromatic rings. The SMILES string of the molecule is N[C@H]1CN(c2cc(N3CCc4nocc4C3)ncn2)C[C@@H]1N1CCCC1=O. The van der Waals surface area contributed by atoms with Crippen LogP contribution in [-0.4, -0.2) is 64.2 Å². The van der Waals surface area contributed by atoms with E-state index in [0.717, 1.165) is 61.9 Å². The molecule has 0 saturated carbocycles. The van der Waals surface area contributed by atoms with Crippen LogP contribution in [0.25, 0.3) is 0 Å². The first kappa shape index (κ1) is 16.5. The summed E-state index contributed by atoms with van der Waals surface area (Å²) in [6, 6.07) is 2.02. The fourth-order valence-corrected chi connectivity index (χ4v) is 4.37. The molecule has 2 saturated heterocycles. The third-order valence-electron chi connectivity index (χ3n) is 5.84. The number of hydrogen-bond donors (Lipinski definition) is 1. The molecule has 2 N–H and O–H groups in total. The molecule has 2 aromatic heterocycles. The van der Waals surface area contributed by atoms with Gasteiger partial charge in [-0.15, -0.1) is 0 Å². The minimum atomic E-state index is -0.0555. The van der Waals surface area contributed by atoms with E-state index in [1.807, 2.05) is 11.0 Å². The van der Waals surface area contributed by atoms with E-state index >= 15 is 0 Å². The third-order valence-corrected chi connectivity index (χ3v) is 5.84. The predicted octanol–water partition coefficient (Wildman–Crippen LogP) is 0.166. The highest BCUT2D eigenvalue weighted by atomic mass is 16.5. The van der Waals surface area contributed by atoms with Gasteiger partial charge >= 0.3 is 0 Å². The van der Waals surface area contributed by atoms with Crippen LogP contribution in [0.4, 0.5) is 11.6 Å². The molecule has 0 unspecified atom stereocenters. The second-order valence-electron chi connectivity index (χ2n) is 7.52. The number of rotatable bonds is 3. The lowest BCUT2D eigenvalue weighted by Crippen LogP contribution is -2.47. The van der Waals surface area contributed by atoms with Gasteiger partial charge in [-0.05, 0) is 6.42 Å². The summed E-state index contributed by atoms with van der Waals surface area (Å²) in [5.74, 6) is 1.97. The first-order valence-corrected chi connectivity index (χ1v) is 9.48. The molecule has 142 valence electrons. The fourth-order valence-electron chi connectivity index (χ4n) is 4.37. The summed E-state index contributed by atoms with van der Waals surface area (Å²) in [4.78, 5) is 27.3. The molecule has 2 fully saturated rings. The van der Waals surface area contributed by atoms with Crippen molar-refractivity contribution >= 4 is 17.5 Å². The largest absolute Gasteiger partial charge is 0.364 e. The Morgan fingerprint density at radius 1 is 1.11 bits per heavy atom. The van der Waals surface area contributed by atoms with Crippen LogP contribution in [-0.2, 0) is 17.8 Å². The molecule has 0 aromatic carbocycles. The van der Waals surface area contributed by atoms with Gasteiger partial charge in [-0.2, -0.15) is 0 Å². The zero-order valence-electron chi connectivity index (χ0n) is 15.1. The topological polar surface area (TPSA) is 105 Å². The van der Waals surface area contributed by atoms with Crippen LogP contribution in [0, 0.1) is 0 Å². The van der Waals surface area contributed by atoms with Crippen LogP contribution in [0.15, 0.2) is 23.2 Å². The third kappa shape index (κ3) is 2.91. The van der Waals surface area contributed by atoms with Gasteiger partial charge in [0.25, 0.3) is 0 Å². The van der Waals surface area contributed by atoms with Gasteiger partial charge < -0.3 is 25.0 Å². The van der Waals surface area contributed by atoms with Crippen molar-refractivity contribution in [3.8, 4) is 0 Å². The smallest absolute Gasteiger partial charge is 0.223 e. The number of carbonyl (C=O) groups is 1. The number of aromatic nitrogens is 3. The van der Waals surface area contributed by atoms with E-state index in [-0.39, 0.29) is 18.0 Å². The number of anilines is 2. The molecular weight excluding hydrogens is 346 g/mol. The Balaban J connectivity index is 1.33. The van der Waals surface area contributed by atoms with Gasteiger partial charge in [-0.25, -0.2) is 9.97 Å². The summed E-state index contributed by atoms with van der Waals surface area (Å²) in [5, 5.41) is 4.04. The highest BCUT2D eigenvalue weighted by molar-refractivity contribution is 5.78. The van der Waals surface area contributed by atoms with Crippen LogP contribution in [0.5, 0.6) is 0 Å². The highest BCUT2D eigenvalue weighted by Crippen LogP contribution is 2.28. The van der Waals surface area contributed by atoms with Gasteiger partial charge in [0, 0.05) is 63.2 Å². The predicted molar refractivity (Wildman–Crippen MR) is 98.2 cm³/mol. The molecule has 27 heavy (non-hydrogen) atoms. The Kier molecular flexibility index (Phi) is 3.96. The number of likely N-dealkylation sites (tertiary alicyclic amines) is 1. The van der Waals surface area contributed by atoms with Crippen LogP contribution < -0.4 is 15.5 Å². The van der Waals surface area contributed by atoms with Crippen molar-refractivity contribution in [1.29, 1.82) is 0 Å². The summed E-state index contributed by atoms with van der Waals surface area (Å²) in [6.45, 7) is 3.81. The number of hydrogen-bond acceptors (Lipinski definition) is 8. The Morgan fingerprint density at radius 3 is 2.78 bits per heavy atom. The first-order valence-electron chi connectivity index (χ1n) is 9.48. The average molecular weight is 369 g/mol. The quantitative estimate of drug-likeness (QED) is 0.816. The molecule has 0 spiro atoms. The van der Waals surface area contributed by atoms with E-state index in [1.54, 1.807) is 12.6 Å². The molecule has 5 rings (SSSR count). The van der Waals surface area contributed by atoms with Crippen LogP contribution in [0.3, 0.4) is 0 Å². The Hall–Kier alpha value is -2.68. The van der Waals surface area contributed by atoms with Crippen molar-refractivity contribution in [3.63, 3.8) is 0 Å². The maximum atomic E-state index is 12.1. The molecule has 0 aliphatic carbocycles. The maximum absolute atomic E-state index is 12.1. The normalized spacial score (nSPS) is 25.4. The van der Waals surface area contributed by atoms with E-state index < -0.39 is 0 Å². The zero-order valence-corrected chi connectivity index (χ0v) is 15.1. The second kappa shape index (κ2) is 6.49. The highest BCUT2D eigenvalue weighted by Gasteiger charge is 2.39. The molecule has 3 aliphatic rings. The minimum absolute atomic E-state index is 0.0555. The first-order chi connectivity index (χ1) is 13.2. The standard InChI is InChI=1S/C18H23N7O2/c19-13-8-24(9-15(13)25-4-1-2-18(25)26)17-6-16(20-11-21-17)23-5-3-14-12(7-23)10-27-22-14/h6,10-11,13,15H,1-5,7-9,19H2/t13-,15-/m0/s1. The van der Waals surface area contributed by atoms with Crippen LogP contribution in [0.2, 0.25) is 0 Å². The average Bonchev–Trinajstić information content (AvgIpc) is 3.40. The van der Waals surface area contributed by atoms with Crippen LogP contribution in [0.1, 0.15) is 24.1 Å². The Bertz CT molecular complexity index is 854. The monoisotopic (exact) mass is 369 g/mol. The minimum Gasteiger partial charge on any atom is -0.364 e. The van der Waals surface area contributed by atoms with Gasteiger partial charge in [-0.1, -0.05) is 5.16 Å². The summed E-state index contributed by atoms with van der Waals surface area (Å²) < 4.78 is 5.07. The van der Waals surface area contributed by atoms with E-state index in [4.69, 9.17) is 10.3 Å². The zero-order chi connectivity index (χ0) is 18.4. The summed E-state index contributed by atoms with van der Waals surface area (Å²) in [5.41, 5.74) is 8.50. The fraction of sp³-hybridized carbons (Fsp3) is 0.556. The van der Waals surface area contributed by atoms with Crippen LogP contribution >= 0.6 is 0 Å². The number of carbonyl (C=O) groups excluding carboxylic acids is 1. The second-order valence-corrected chi connectivity index (χ2v) is 7.52. The molecule has 2 atom stereocenters. The summed E-state index contributed by atoms with van der Waals surface area (Å²) >= 11 is 0. The molecule has 0 radical (unpaired) electrons. The lowest BCUT2D eigenvalue weighted by atomic mass is 10.1. The molecular formula is C18H23N7O2.